The zero-order valence-corrected chi connectivity index (χ0v) is 13.5. The Morgan fingerprint density at radius 1 is 1.27 bits per heavy atom. The number of nitriles is 1. The molecule has 0 unspecified atom stereocenters. The molecule has 1 aromatic carbocycles. The molecule has 0 saturated carbocycles. The summed E-state index contributed by atoms with van der Waals surface area (Å²) in [6, 6.07) is 11.9. The van der Waals surface area contributed by atoms with Gasteiger partial charge in [0.15, 0.2) is 0 Å². The largest absolute Gasteiger partial charge is 0.381 e. The Hall–Kier alpha value is -1.86. The van der Waals surface area contributed by atoms with Gasteiger partial charge in [-0.05, 0) is 30.7 Å². The summed E-state index contributed by atoms with van der Waals surface area (Å²) < 4.78 is 5.54. The minimum atomic E-state index is -0.383. The first-order valence-electron chi connectivity index (χ1n) is 7.92. The van der Waals surface area contributed by atoms with E-state index in [9.17, 15) is 4.79 Å². The van der Waals surface area contributed by atoms with Crippen LogP contribution in [0.15, 0.2) is 30.3 Å². The van der Waals surface area contributed by atoms with Crippen LogP contribution in [0.4, 0.5) is 0 Å². The third-order valence-corrected chi connectivity index (χ3v) is 3.27. The number of rotatable bonds is 10. The van der Waals surface area contributed by atoms with Gasteiger partial charge in [0.25, 0.3) is 0 Å². The third-order valence-electron chi connectivity index (χ3n) is 3.27. The second-order valence-electron chi connectivity index (χ2n) is 5.83. The minimum absolute atomic E-state index is 0.0705. The minimum Gasteiger partial charge on any atom is -0.381 e. The molecule has 1 rings (SSSR count). The fourth-order valence-corrected chi connectivity index (χ4v) is 2.15. The maximum Gasteiger partial charge on any atom is 0.221 e. The Morgan fingerprint density at radius 3 is 2.64 bits per heavy atom. The van der Waals surface area contributed by atoms with Crippen molar-refractivity contribution in [3.63, 3.8) is 0 Å². The van der Waals surface area contributed by atoms with Crippen molar-refractivity contribution in [3.8, 4) is 6.07 Å². The van der Waals surface area contributed by atoms with E-state index in [4.69, 9.17) is 10.00 Å². The van der Waals surface area contributed by atoms with E-state index in [1.165, 1.54) is 5.56 Å². The molecular weight excluding hydrogens is 276 g/mol. The van der Waals surface area contributed by atoms with Crippen LogP contribution in [0.2, 0.25) is 0 Å². The van der Waals surface area contributed by atoms with Gasteiger partial charge in [-0.15, -0.1) is 0 Å². The van der Waals surface area contributed by atoms with Crippen molar-refractivity contribution in [2.24, 2.45) is 5.92 Å². The Morgan fingerprint density at radius 2 is 2.00 bits per heavy atom. The smallest absolute Gasteiger partial charge is 0.221 e. The lowest BCUT2D eigenvalue weighted by Crippen LogP contribution is -2.34. The predicted molar refractivity (Wildman–Crippen MR) is 87.2 cm³/mol. The van der Waals surface area contributed by atoms with E-state index in [1.807, 2.05) is 32.0 Å². The highest BCUT2D eigenvalue weighted by Gasteiger charge is 2.12. The SMILES string of the molecule is CC(C)C[C@@H](C#N)NC(=O)CCCOCCc1ccccc1. The Bertz CT molecular complexity index is 466. The number of nitrogens with one attached hydrogen (secondary N) is 1. The molecule has 4 heteroatoms. The Labute approximate surface area is 133 Å². The molecule has 0 aliphatic carbocycles. The molecule has 0 saturated heterocycles. The van der Waals surface area contributed by atoms with Crippen LogP contribution in [0.3, 0.4) is 0 Å². The van der Waals surface area contributed by atoms with Gasteiger partial charge in [0.05, 0.1) is 12.7 Å². The summed E-state index contributed by atoms with van der Waals surface area (Å²) in [6.07, 6.45) is 2.66. The van der Waals surface area contributed by atoms with E-state index >= 15 is 0 Å². The van der Waals surface area contributed by atoms with Crippen molar-refractivity contribution >= 4 is 5.91 Å². The van der Waals surface area contributed by atoms with Crippen molar-refractivity contribution in [2.75, 3.05) is 13.2 Å². The summed E-state index contributed by atoms with van der Waals surface area (Å²) in [5.41, 5.74) is 1.26. The monoisotopic (exact) mass is 302 g/mol. The summed E-state index contributed by atoms with van der Waals surface area (Å²) in [4.78, 5) is 11.7. The van der Waals surface area contributed by atoms with E-state index in [0.717, 1.165) is 6.42 Å². The van der Waals surface area contributed by atoms with Crippen LogP contribution in [0, 0.1) is 17.2 Å². The van der Waals surface area contributed by atoms with E-state index in [1.54, 1.807) is 0 Å². The number of benzene rings is 1. The number of carbonyl (C=O) groups excluding carboxylic acids is 1. The maximum atomic E-state index is 11.7. The molecular formula is C18H26N2O2. The van der Waals surface area contributed by atoms with Crippen LogP contribution in [0.25, 0.3) is 0 Å². The molecule has 0 bridgehead atoms. The second kappa shape index (κ2) is 10.8. The number of nitrogens with zero attached hydrogens (tertiary/aromatic N) is 1. The van der Waals surface area contributed by atoms with Crippen LogP contribution in [0.1, 0.15) is 38.7 Å². The Kier molecular flexibility index (Phi) is 8.94. The first-order chi connectivity index (χ1) is 10.6. The van der Waals surface area contributed by atoms with E-state index in [-0.39, 0.29) is 11.9 Å². The first kappa shape index (κ1) is 18.2. The van der Waals surface area contributed by atoms with Crippen molar-refractivity contribution in [3.05, 3.63) is 35.9 Å². The third kappa shape index (κ3) is 8.43. The predicted octanol–water partition coefficient (Wildman–Crippen LogP) is 3.08. The fraction of sp³-hybridized carbons (Fsp3) is 0.556. The van der Waals surface area contributed by atoms with Gasteiger partial charge in [-0.3, -0.25) is 4.79 Å². The summed E-state index contributed by atoms with van der Waals surface area (Å²) in [7, 11) is 0. The van der Waals surface area contributed by atoms with Gasteiger partial charge in [-0.2, -0.15) is 5.26 Å². The molecule has 1 atom stereocenters. The van der Waals surface area contributed by atoms with Gasteiger partial charge in [0.1, 0.15) is 6.04 Å². The zero-order valence-electron chi connectivity index (χ0n) is 13.5. The van der Waals surface area contributed by atoms with Crippen LogP contribution in [-0.2, 0) is 16.0 Å². The molecule has 0 aliphatic heterocycles. The van der Waals surface area contributed by atoms with Crippen molar-refractivity contribution in [1.82, 2.24) is 5.32 Å². The average Bonchev–Trinajstić information content (AvgIpc) is 2.50. The number of hydrogen-bond donors (Lipinski definition) is 1. The quantitative estimate of drug-likeness (QED) is 0.676. The van der Waals surface area contributed by atoms with E-state index in [0.29, 0.717) is 38.4 Å². The molecule has 0 fully saturated rings. The molecule has 22 heavy (non-hydrogen) atoms. The molecule has 0 radical (unpaired) electrons. The molecule has 1 amide bonds. The molecule has 0 heterocycles. The van der Waals surface area contributed by atoms with Gasteiger partial charge in [0.2, 0.25) is 5.91 Å². The van der Waals surface area contributed by atoms with Gasteiger partial charge in [-0.25, -0.2) is 0 Å². The zero-order chi connectivity index (χ0) is 16.2. The van der Waals surface area contributed by atoms with Crippen molar-refractivity contribution < 1.29 is 9.53 Å². The van der Waals surface area contributed by atoms with Crippen LogP contribution in [-0.4, -0.2) is 25.2 Å². The lowest BCUT2D eigenvalue weighted by atomic mass is 10.0. The number of amides is 1. The highest BCUT2D eigenvalue weighted by atomic mass is 16.5. The van der Waals surface area contributed by atoms with Gasteiger partial charge in [-0.1, -0.05) is 44.2 Å². The Balaban J connectivity index is 2.06. The fourth-order valence-electron chi connectivity index (χ4n) is 2.15. The normalized spacial score (nSPS) is 11.9. The first-order valence-corrected chi connectivity index (χ1v) is 7.92. The number of hydrogen-bond acceptors (Lipinski definition) is 3. The molecule has 0 aromatic heterocycles. The number of ether oxygens (including phenoxy) is 1. The summed E-state index contributed by atoms with van der Waals surface area (Å²) in [5.74, 6) is 0.324. The molecule has 120 valence electrons. The molecule has 1 aromatic rings. The lowest BCUT2D eigenvalue weighted by molar-refractivity contribution is -0.121. The molecule has 0 aliphatic rings. The topological polar surface area (TPSA) is 62.1 Å². The van der Waals surface area contributed by atoms with E-state index < -0.39 is 0 Å². The summed E-state index contributed by atoms with van der Waals surface area (Å²) in [6.45, 7) is 5.32. The van der Waals surface area contributed by atoms with E-state index in [2.05, 4.69) is 23.5 Å². The van der Waals surface area contributed by atoms with Crippen molar-refractivity contribution in [2.45, 2.75) is 45.6 Å². The maximum absolute atomic E-state index is 11.7. The summed E-state index contributed by atoms with van der Waals surface area (Å²) >= 11 is 0. The highest BCUT2D eigenvalue weighted by Crippen LogP contribution is 2.04. The average molecular weight is 302 g/mol. The van der Waals surface area contributed by atoms with Crippen LogP contribution < -0.4 is 5.32 Å². The van der Waals surface area contributed by atoms with Crippen LogP contribution in [0.5, 0.6) is 0 Å². The lowest BCUT2D eigenvalue weighted by Gasteiger charge is -2.13. The second-order valence-corrected chi connectivity index (χ2v) is 5.83. The number of carbonyl (C=O) groups is 1. The molecule has 4 nitrogen and oxygen atoms in total. The van der Waals surface area contributed by atoms with Crippen LogP contribution >= 0.6 is 0 Å². The standard InChI is InChI=1S/C18H26N2O2/c1-15(2)13-17(14-19)20-18(21)9-6-11-22-12-10-16-7-4-3-5-8-16/h3-5,7-8,15,17H,6,9-13H2,1-2H3,(H,20,21)/t17-/m0/s1. The molecule has 0 spiro atoms. The molecule has 1 N–H and O–H groups in total. The van der Waals surface area contributed by atoms with Gasteiger partial charge in [0, 0.05) is 13.0 Å². The van der Waals surface area contributed by atoms with Gasteiger partial charge < -0.3 is 10.1 Å². The highest BCUT2D eigenvalue weighted by molar-refractivity contribution is 5.76. The van der Waals surface area contributed by atoms with Gasteiger partial charge >= 0.3 is 0 Å². The summed E-state index contributed by atoms with van der Waals surface area (Å²) in [5, 5.41) is 11.7. The van der Waals surface area contributed by atoms with Crippen molar-refractivity contribution in [1.29, 1.82) is 5.26 Å².